The molecule has 0 heterocycles. The first kappa shape index (κ1) is 93.3. The van der Waals surface area contributed by atoms with E-state index >= 15 is 0 Å². The maximum Gasteiger partial charge on any atom is 0.343 e. The Morgan fingerprint density at radius 3 is 0.822 bits per heavy atom. The first-order chi connectivity index (χ1) is 52.6. The predicted molar refractivity (Wildman–Crippen MR) is 452 cm³/mol. The van der Waals surface area contributed by atoms with Crippen LogP contribution in [-0.2, 0) is 0 Å². The molecule has 0 amide bonds. The third kappa shape index (κ3) is 48.3. The van der Waals surface area contributed by atoms with Crippen molar-refractivity contribution in [1.82, 2.24) is 0 Å². The van der Waals surface area contributed by atoms with Gasteiger partial charge in [0, 0.05) is 23.6 Å². The highest BCUT2D eigenvalue weighted by atomic mass is 16.5. The zero-order valence-electron chi connectivity index (χ0n) is 68.8. The Kier molecular flexibility index (Phi) is 57.4. The van der Waals surface area contributed by atoms with Crippen LogP contribution in [0.2, 0.25) is 0 Å². The van der Waals surface area contributed by atoms with Crippen molar-refractivity contribution in [3.8, 4) is 46.0 Å². The fraction of sp³-hybridized carbons (Fsp3) is 0.705. The number of nitrogens with zero attached hydrogens (tertiary/aromatic N) is 2. The lowest BCUT2D eigenvalue weighted by molar-refractivity contribution is 0.0724. The summed E-state index contributed by atoms with van der Waals surface area (Å²) in [7, 11) is 0. The van der Waals surface area contributed by atoms with Crippen LogP contribution >= 0.6 is 0 Å². The van der Waals surface area contributed by atoms with Gasteiger partial charge in [-0.05, 0) is 105 Å². The second-order valence-electron chi connectivity index (χ2n) is 30.9. The number of aliphatic imine (C=N–C) groups is 2. The molecule has 0 aliphatic rings. The number of phenols is 2. The van der Waals surface area contributed by atoms with Gasteiger partial charge in [-0.3, -0.25) is 9.98 Å². The van der Waals surface area contributed by atoms with Crippen LogP contribution in [-0.4, -0.2) is 73.6 Å². The Hall–Kier alpha value is -6.04. The van der Waals surface area contributed by atoms with Gasteiger partial charge in [-0.1, -0.05) is 362 Å². The molecule has 0 unspecified atom stereocenters. The van der Waals surface area contributed by atoms with Gasteiger partial charge in [0.15, 0.2) is 23.0 Å². The van der Waals surface area contributed by atoms with E-state index in [1.165, 1.54) is 333 Å². The molecule has 1 atom stereocenters. The van der Waals surface area contributed by atoms with Gasteiger partial charge in [-0.2, -0.15) is 0 Å². The quantitative estimate of drug-likeness (QED) is 0.0189. The van der Waals surface area contributed by atoms with E-state index in [1.807, 2.05) is 19.1 Å². The van der Waals surface area contributed by atoms with Crippen molar-refractivity contribution in [3.63, 3.8) is 0 Å². The number of hydrogen-bond donors (Lipinski definition) is 2. The predicted octanol–water partition coefficient (Wildman–Crippen LogP) is 28.9. The topological polar surface area (TPSA) is 155 Å². The standard InChI is InChI=1S/C95H154N2O10/c1-6-10-14-18-22-26-30-34-38-42-46-50-54-58-70-102-90-68-62-82(76-92(90)104-72-60-56-52-48-44-40-36-32-28-24-20-16-12-8-3)94(100)106-86-64-66-88(98)84(74-86)79-96-78-81(5)97-80-85-75-87(65-67-89(85)99)107-95(101)83-63-69-91(103-71-59-55-51-47-43-39-35-31-27-23-19-15-11-7-2)93(77-83)105-73-61-57-53-49-45-41-37-33-29-25-21-17-13-9-4/h62-69,74-77,79-81,98-99H,6-61,70-73,78H2,1-5H3/t81-/m0/s1. The smallest absolute Gasteiger partial charge is 0.343 e. The van der Waals surface area contributed by atoms with Gasteiger partial charge in [0.05, 0.1) is 50.1 Å². The molecule has 107 heavy (non-hydrogen) atoms. The van der Waals surface area contributed by atoms with E-state index in [0.717, 1.165) is 51.4 Å². The first-order valence-electron chi connectivity index (χ1n) is 44.6. The summed E-state index contributed by atoms with van der Waals surface area (Å²) in [4.78, 5) is 36.8. The van der Waals surface area contributed by atoms with E-state index in [9.17, 15) is 19.8 Å². The maximum absolute atomic E-state index is 13.8. The van der Waals surface area contributed by atoms with E-state index < -0.39 is 11.9 Å². The Bertz CT molecular complexity index is 2870. The molecule has 12 nitrogen and oxygen atoms in total. The van der Waals surface area contributed by atoms with Crippen molar-refractivity contribution in [1.29, 1.82) is 0 Å². The van der Waals surface area contributed by atoms with Crippen molar-refractivity contribution in [2.45, 2.75) is 400 Å². The van der Waals surface area contributed by atoms with E-state index in [-0.39, 0.29) is 35.6 Å². The zero-order valence-corrected chi connectivity index (χ0v) is 68.8. The molecule has 0 fully saturated rings. The van der Waals surface area contributed by atoms with Crippen LogP contribution < -0.4 is 28.4 Å². The lowest BCUT2D eigenvalue weighted by atomic mass is 10.0. The molecule has 0 saturated heterocycles. The summed E-state index contributed by atoms with van der Waals surface area (Å²) in [6, 6.07) is 19.4. The Labute approximate surface area is 653 Å². The molecule has 4 aromatic carbocycles. The molecule has 604 valence electrons. The molecule has 4 rings (SSSR count). The monoisotopic (exact) mass is 1480 g/mol. The summed E-state index contributed by atoms with van der Waals surface area (Å²) in [6.07, 6.45) is 75.3. The lowest BCUT2D eigenvalue weighted by Crippen LogP contribution is -2.10. The molecule has 12 heteroatoms. The highest BCUT2D eigenvalue weighted by Crippen LogP contribution is 2.33. The summed E-state index contributed by atoms with van der Waals surface area (Å²) in [6.45, 7) is 13.5. The van der Waals surface area contributed by atoms with Crippen molar-refractivity contribution in [3.05, 3.63) is 95.1 Å². The summed E-state index contributed by atoms with van der Waals surface area (Å²) < 4.78 is 37.2. The second kappa shape index (κ2) is 65.8. The van der Waals surface area contributed by atoms with Gasteiger partial charge >= 0.3 is 11.9 Å². The molecular formula is C95H154N2O10. The first-order valence-corrected chi connectivity index (χ1v) is 44.6. The summed E-state index contributed by atoms with van der Waals surface area (Å²) in [5.41, 5.74) is 1.41. The van der Waals surface area contributed by atoms with Crippen molar-refractivity contribution >= 4 is 24.4 Å². The second-order valence-corrected chi connectivity index (χ2v) is 30.9. The third-order valence-corrected chi connectivity index (χ3v) is 20.9. The normalized spacial score (nSPS) is 11.9. The molecule has 0 aliphatic heterocycles. The third-order valence-electron chi connectivity index (χ3n) is 20.9. The van der Waals surface area contributed by atoms with E-state index in [1.54, 1.807) is 48.5 Å². The van der Waals surface area contributed by atoms with Crippen molar-refractivity contribution in [2.75, 3.05) is 33.0 Å². The molecule has 0 radical (unpaired) electrons. The van der Waals surface area contributed by atoms with Crippen molar-refractivity contribution < 1.29 is 48.2 Å². The number of rotatable bonds is 73. The molecule has 0 bridgehead atoms. The number of carbonyl (C=O) groups is 2. The van der Waals surface area contributed by atoms with Crippen LogP contribution in [0, 0.1) is 0 Å². The van der Waals surface area contributed by atoms with Gasteiger partial charge in [0.25, 0.3) is 0 Å². The zero-order chi connectivity index (χ0) is 76.4. The molecule has 0 aliphatic carbocycles. The van der Waals surface area contributed by atoms with Crippen LogP contribution in [0.5, 0.6) is 46.0 Å². The average molecular weight is 1480 g/mol. The number of aromatic hydroxyl groups is 2. The van der Waals surface area contributed by atoms with Crippen LogP contribution in [0.25, 0.3) is 0 Å². The van der Waals surface area contributed by atoms with E-state index in [2.05, 4.69) is 37.7 Å². The van der Waals surface area contributed by atoms with Gasteiger partial charge in [0.1, 0.15) is 23.0 Å². The fourth-order valence-corrected chi connectivity index (χ4v) is 13.9. The van der Waals surface area contributed by atoms with Crippen molar-refractivity contribution in [2.24, 2.45) is 9.98 Å². The van der Waals surface area contributed by atoms with E-state index in [4.69, 9.17) is 28.4 Å². The van der Waals surface area contributed by atoms with Gasteiger partial charge in [0.2, 0.25) is 0 Å². The number of phenolic OH excluding ortho intramolecular Hbond substituents is 2. The number of ether oxygens (including phenoxy) is 6. The van der Waals surface area contributed by atoms with Crippen LogP contribution in [0.15, 0.2) is 82.8 Å². The molecule has 0 spiro atoms. The number of esters is 2. The summed E-state index contributed by atoms with van der Waals surface area (Å²) in [5.74, 6) is 1.68. The van der Waals surface area contributed by atoms with Gasteiger partial charge in [-0.15, -0.1) is 0 Å². The average Bonchev–Trinajstić information content (AvgIpc) is 0.843. The molecule has 0 aromatic heterocycles. The Balaban J connectivity index is 1.29. The minimum absolute atomic E-state index is 0.0240. The summed E-state index contributed by atoms with van der Waals surface area (Å²) in [5, 5.41) is 21.8. The number of unbranched alkanes of at least 4 members (excludes halogenated alkanes) is 52. The Morgan fingerprint density at radius 2 is 0.551 bits per heavy atom. The maximum atomic E-state index is 13.8. The molecule has 4 aromatic rings. The molecule has 2 N–H and O–H groups in total. The minimum Gasteiger partial charge on any atom is -0.507 e. The highest BCUT2D eigenvalue weighted by molar-refractivity contribution is 5.93. The Morgan fingerprint density at radius 1 is 0.308 bits per heavy atom. The number of hydrogen-bond acceptors (Lipinski definition) is 12. The minimum atomic E-state index is -0.558. The number of carbonyl (C=O) groups excluding carboxylic acids is 2. The highest BCUT2D eigenvalue weighted by Gasteiger charge is 2.18. The van der Waals surface area contributed by atoms with Crippen LogP contribution in [0.1, 0.15) is 426 Å². The van der Waals surface area contributed by atoms with Crippen LogP contribution in [0.3, 0.4) is 0 Å². The fourth-order valence-electron chi connectivity index (χ4n) is 13.9. The van der Waals surface area contributed by atoms with Gasteiger partial charge in [-0.25, -0.2) is 9.59 Å². The van der Waals surface area contributed by atoms with Crippen LogP contribution in [0.4, 0.5) is 0 Å². The SMILES string of the molecule is CCCCCCCCCCCCCCCCOc1ccc(C(=O)Oc2ccc(O)c(C=NC[C@H](C)N=Cc3cc(OC(=O)c4ccc(OCCCCCCCCCCCCCCCC)c(OCCCCCCCCCCCCCCCC)c4)ccc3O)c2)cc1OCCCCCCCCCCCCCCCC. The molecular weight excluding hydrogens is 1330 g/mol. The number of benzene rings is 4. The van der Waals surface area contributed by atoms with E-state index in [0.29, 0.717) is 71.7 Å². The lowest BCUT2D eigenvalue weighted by Gasteiger charge is -2.14. The van der Waals surface area contributed by atoms with Gasteiger partial charge < -0.3 is 38.6 Å². The summed E-state index contributed by atoms with van der Waals surface area (Å²) >= 11 is 0. The molecule has 0 saturated carbocycles. The largest absolute Gasteiger partial charge is 0.507 e.